The van der Waals surface area contributed by atoms with Crippen LogP contribution in [0.3, 0.4) is 0 Å². The van der Waals surface area contributed by atoms with E-state index in [2.05, 4.69) is 0 Å². The fraction of sp³-hybridized carbons (Fsp3) is 0.333. The van der Waals surface area contributed by atoms with Gasteiger partial charge in [0.25, 0.3) is 0 Å². The second-order valence-corrected chi connectivity index (χ2v) is 7.19. The van der Waals surface area contributed by atoms with Crippen molar-refractivity contribution in [2.24, 2.45) is 0 Å². The van der Waals surface area contributed by atoms with E-state index in [9.17, 15) is 9.59 Å². The van der Waals surface area contributed by atoms with Gasteiger partial charge in [-0.05, 0) is 62.3 Å². The van der Waals surface area contributed by atoms with Crippen LogP contribution >= 0.6 is 11.8 Å². The van der Waals surface area contributed by atoms with Crippen LogP contribution in [0.15, 0.2) is 41.3 Å². The maximum absolute atomic E-state index is 12.4. The molecule has 1 N–H and O–H groups in total. The molecule has 0 bridgehead atoms. The molecule has 2 aromatic carbocycles. The number of carboxylic acid groups (broad SMARTS) is 1. The van der Waals surface area contributed by atoms with Gasteiger partial charge < -0.3 is 9.84 Å². The highest BCUT2D eigenvalue weighted by molar-refractivity contribution is 7.98. The van der Waals surface area contributed by atoms with E-state index in [1.54, 1.807) is 11.8 Å². The Hall–Kier alpha value is -2.27. The largest absolute Gasteiger partial charge is 0.479 e. The van der Waals surface area contributed by atoms with Crippen LogP contribution in [0, 0.1) is 13.8 Å². The van der Waals surface area contributed by atoms with Gasteiger partial charge in [0, 0.05) is 16.9 Å². The molecule has 0 aliphatic carbocycles. The van der Waals surface area contributed by atoms with Crippen molar-refractivity contribution in [3.8, 4) is 5.75 Å². The van der Waals surface area contributed by atoms with Crippen molar-refractivity contribution in [1.29, 1.82) is 0 Å². The van der Waals surface area contributed by atoms with Crippen molar-refractivity contribution in [3.05, 3.63) is 58.7 Å². The van der Waals surface area contributed by atoms with Crippen molar-refractivity contribution in [1.82, 2.24) is 0 Å². The molecule has 2 rings (SSSR count). The third-order valence-corrected chi connectivity index (χ3v) is 4.96. The fourth-order valence-electron chi connectivity index (χ4n) is 2.78. The van der Waals surface area contributed by atoms with E-state index in [-0.39, 0.29) is 5.78 Å². The summed E-state index contributed by atoms with van der Waals surface area (Å²) in [5.41, 5.74) is 3.53. The van der Waals surface area contributed by atoms with Crippen LogP contribution in [0.4, 0.5) is 0 Å². The smallest absolute Gasteiger partial charge is 0.344 e. The maximum Gasteiger partial charge on any atom is 0.344 e. The summed E-state index contributed by atoms with van der Waals surface area (Å²) < 4.78 is 5.54. The summed E-state index contributed by atoms with van der Waals surface area (Å²) in [6, 6.07) is 11.6. The Bertz CT molecular complexity index is 773. The van der Waals surface area contributed by atoms with Crippen LogP contribution in [-0.2, 0) is 11.2 Å². The lowest BCUT2D eigenvalue weighted by Gasteiger charge is -2.16. The predicted octanol–water partition coefficient (Wildman–Crippen LogP) is 4.69. The summed E-state index contributed by atoms with van der Waals surface area (Å²) in [6.07, 6.45) is 2.18. The number of hydrogen-bond acceptors (Lipinski definition) is 4. The van der Waals surface area contributed by atoms with Gasteiger partial charge in [0.1, 0.15) is 5.75 Å². The number of benzene rings is 2. The van der Waals surface area contributed by atoms with Crippen molar-refractivity contribution >= 4 is 23.5 Å². The molecule has 0 spiro atoms. The summed E-state index contributed by atoms with van der Waals surface area (Å²) in [5, 5.41) is 9.00. The number of hydrogen-bond donors (Lipinski definition) is 1. The zero-order valence-electron chi connectivity index (χ0n) is 15.5. The summed E-state index contributed by atoms with van der Waals surface area (Å²) in [6.45, 7) is 5.29. The van der Waals surface area contributed by atoms with E-state index in [0.29, 0.717) is 18.6 Å². The van der Waals surface area contributed by atoms with E-state index in [0.717, 1.165) is 27.1 Å². The number of Topliss-reactive ketones (excluding diaryl/α,β-unsaturated/α-hetero) is 1. The van der Waals surface area contributed by atoms with Gasteiger partial charge in [-0.15, -0.1) is 11.8 Å². The molecule has 1 unspecified atom stereocenters. The minimum absolute atomic E-state index is 0.118. The Morgan fingerprint density at radius 1 is 1.12 bits per heavy atom. The number of carbonyl (C=O) groups is 2. The Labute approximate surface area is 158 Å². The number of thioether (sulfide) groups is 1. The fourth-order valence-corrected chi connectivity index (χ4v) is 3.18. The second kappa shape index (κ2) is 8.90. The van der Waals surface area contributed by atoms with E-state index >= 15 is 0 Å². The predicted molar refractivity (Wildman–Crippen MR) is 105 cm³/mol. The SMILES string of the molecule is CSc1ccc(C(=O)CCc2cc(C)c(OC(C)C(=O)O)c(C)c2)cc1. The van der Waals surface area contributed by atoms with E-state index in [1.165, 1.54) is 6.92 Å². The molecular weight excluding hydrogens is 348 g/mol. The molecule has 0 saturated heterocycles. The number of ether oxygens (including phenoxy) is 1. The quantitative estimate of drug-likeness (QED) is 0.538. The van der Waals surface area contributed by atoms with Crippen molar-refractivity contribution in [2.45, 2.75) is 44.6 Å². The van der Waals surface area contributed by atoms with Gasteiger partial charge in [0.05, 0.1) is 0 Å². The monoisotopic (exact) mass is 372 g/mol. The Morgan fingerprint density at radius 3 is 2.19 bits per heavy atom. The van der Waals surface area contributed by atoms with Gasteiger partial charge >= 0.3 is 5.97 Å². The lowest BCUT2D eigenvalue weighted by Crippen LogP contribution is -2.23. The molecule has 0 radical (unpaired) electrons. The third kappa shape index (κ3) is 5.11. The van der Waals surface area contributed by atoms with Gasteiger partial charge in [-0.1, -0.05) is 24.3 Å². The highest BCUT2D eigenvalue weighted by Gasteiger charge is 2.16. The van der Waals surface area contributed by atoms with Crippen LogP contribution in [-0.4, -0.2) is 29.2 Å². The van der Waals surface area contributed by atoms with Gasteiger partial charge in [-0.25, -0.2) is 4.79 Å². The second-order valence-electron chi connectivity index (χ2n) is 6.31. The molecular formula is C21H24O4S. The normalized spacial score (nSPS) is 11.8. The van der Waals surface area contributed by atoms with Crippen molar-refractivity contribution in [2.75, 3.05) is 6.26 Å². The molecule has 0 aliphatic rings. The minimum Gasteiger partial charge on any atom is -0.479 e. The Kier molecular flexibility index (Phi) is 6.86. The summed E-state index contributed by atoms with van der Waals surface area (Å²) in [5.74, 6) is -0.276. The molecule has 0 fully saturated rings. The molecule has 0 heterocycles. The van der Waals surface area contributed by atoms with Crippen molar-refractivity contribution in [3.63, 3.8) is 0 Å². The molecule has 0 saturated carbocycles. The van der Waals surface area contributed by atoms with Crippen LogP contribution in [0.1, 0.15) is 40.4 Å². The first kappa shape index (κ1) is 20.0. The molecule has 26 heavy (non-hydrogen) atoms. The minimum atomic E-state index is -0.994. The summed E-state index contributed by atoms with van der Waals surface area (Å²) in [4.78, 5) is 24.5. The van der Waals surface area contributed by atoms with Crippen LogP contribution in [0.5, 0.6) is 5.75 Å². The number of ketones is 1. The zero-order valence-corrected chi connectivity index (χ0v) is 16.4. The van der Waals surface area contributed by atoms with E-state index in [1.807, 2.05) is 56.5 Å². The third-order valence-electron chi connectivity index (χ3n) is 4.22. The Balaban J connectivity index is 2.05. The highest BCUT2D eigenvalue weighted by atomic mass is 32.2. The lowest BCUT2D eigenvalue weighted by molar-refractivity contribution is -0.144. The van der Waals surface area contributed by atoms with Crippen LogP contribution in [0.2, 0.25) is 0 Å². The average Bonchev–Trinajstić information content (AvgIpc) is 2.62. The van der Waals surface area contributed by atoms with Gasteiger partial charge in [0.2, 0.25) is 0 Å². The number of aliphatic carboxylic acids is 1. The van der Waals surface area contributed by atoms with Crippen molar-refractivity contribution < 1.29 is 19.4 Å². The molecule has 0 aromatic heterocycles. The number of carboxylic acids is 1. The highest BCUT2D eigenvalue weighted by Crippen LogP contribution is 2.27. The lowest BCUT2D eigenvalue weighted by atomic mass is 9.99. The first-order valence-electron chi connectivity index (χ1n) is 8.48. The number of aryl methyl sites for hydroxylation is 3. The summed E-state index contributed by atoms with van der Waals surface area (Å²) in [7, 11) is 0. The topological polar surface area (TPSA) is 63.6 Å². The standard InChI is InChI=1S/C21H24O4S/c1-13-11-16(12-14(2)20(13)25-15(3)21(23)24)5-10-19(22)17-6-8-18(26-4)9-7-17/h6-9,11-12,15H,5,10H2,1-4H3,(H,23,24). The Morgan fingerprint density at radius 2 is 1.69 bits per heavy atom. The molecule has 1 atom stereocenters. The summed E-state index contributed by atoms with van der Waals surface area (Å²) >= 11 is 1.65. The molecule has 0 amide bonds. The first-order chi connectivity index (χ1) is 12.3. The first-order valence-corrected chi connectivity index (χ1v) is 9.71. The molecule has 0 aliphatic heterocycles. The molecule has 4 nitrogen and oxygen atoms in total. The molecule has 5 heteroatoms. The molecule has 2 aromatic rings. The van der Waals surface area contributed by atoms with E-state index in [4.69, 9.17) is 9.84 Å². The van der Waals surface area contributed by atoms with Gasteiger partial charge in [-0.3, -0.25) is 4.79 Å². The average molecular weight is 372 g/mol. The number of rotatable bonds is 8. The maximum atomic E-state index is 12.4. The molecule has 138 valence electrons. The van der Waals surface area contributed by atoms with Gasteiger partial charge in [0.15, 0.2) is 11.9 Å². The van der Waals surface area contributed by atoms with Crippen LogP contribution in [0.25, 0.3) is 0 Å². The van der Waals surface area contributed by atoms with Crippen LogP contribution < -0.4 is 4.74 Å². The van der Waals surface area contributed by atoms with Gasteiger partial charge in [-0.2, -0.15) is 0 Å². The van der Waals surface area contributed by atoms with E-state index < -0.39 is 12.1 Å². The number of carbonyl (C=O) groups excluding carboxylic acids is 1. The zero-order chi connectivity index (χ0) is 19.3.